The molecule has 9 heteroatoms. The van der Waals surface area contributed by atoms with Crippen LogP contribution in [0.5, 0.6) is 11.5 Å². The summed E-state index contributed by atoms with van der Waals surface area (Å²) in [6, 6.07) is 16.9. The number of esters is 2. The largest absolute Gasteiger partial charge is 0.497 e. The molecule has 1 heterocycles. The number of sulfonamides is 1. The van der Waals surface area contributed by atoms with Crippen LogP contribution in [0.25, 0.3) is 10.8 Å². The minimum Gasteiger partial charge on any atom is -0.497 e. The van der Waals surface area contributed by atoms with Gasteiger partial charge in [0.05, 0.1) is 25.0 Å². The third kappa shape index (κ3) is 4.76. The molecule has 0 atom stereocenters. The molecule has 0 spiro atoms. The van der Waals surface area contributed by atoms with Crippen molar-refractivity contribution in [2.75, 3.05) is 27.3 Å². The molecular formula is C25H25NO7S. The molecule has 34 heavy (non-hydrogen) atoms. The summed E-state index contributed by atoms with van der Waals surface area (Å²) in [7, 11) is -0.897. The Kier molecular flexibility index (Phi) is 6.85. The number of methoxy groups -OCH3 is 2. The second kappa shape index (κ2) is 9.82. The first kappa shape index (κ1) is 23.7. The van der Waals surface area contributed by atoms with E-state index in [4.69, 9.17) is 14.2 Å². The summed E-state index contributed by atoms with van der Waals surface area (Å²) < 4.78 is 42.8. The van der Waals surface area contributed by atoms with E-state index >= 15 is 0 Å². The summed E-state index contributed by atoms with van der Waals surface area (Å²) in [6.45, 7) is 0.380. The lowest BCUT2D eigenvalue weighted by molar-refractivity contribution is -0.140. The molecule has 3 aromatic rings. The fourth-order valence-corrected chi connectivity index (χ4v) is 5.46. The SMILES string of the molecule is COC(=O)c1cc2ccccc2cc1OC(=O)C1CCN(S(=O)(=O)c2ccc(OC)cc2)CC1. The Morgan fingerprint density at radius 3 is 2.12 bits per heavy atom. The van der Waals surface area contributed by atoms with Crippen LogP contribution < -0.4 is 9.47 Å². The Morgan fingerprint density at radius 2 is 1.53 bits per heavy atom. The molecule has 3 aromatic carbocycles. The summed E-state index contributed by atoms with van der Waals surface area (Å²) in [6.07, 6.45) is 0.630. The molecule has 0 N–H and O–H groups in total. The van der Waals surface area contributed by atoms with Crippen LogP contribution in [0.1, 0.15) is 23.2 Å². The quantitative estimate of drug-likeness (QED) is 0.390. The molecule has 1 saturated heterocycles. The lowest BCUT2D eigenvalue weighted by Gasteiger charge is -2.30. The van der Waals surface area contributed by atoms with E-state index in [-0.39, 0.29) is 29.3 Å². The number of nitrogens with zero attached hydrogens (tertiary/aromatic N) is 1. The molecule has 178 valence electrons. The monoisotopic (exact) mass is 483 g/mol. The van der Waals surface area contributed by atoms with Crippen LogP contribution in [0.4, 0.5) is 0 Å². The zero-order chi connectivity index (χ0) is 24.3. The minimum atomic E-state index is -3.68. The molecule has 1 aliphatic rings. The van der Waals surface area contributed by atoms with E-state index in [0.29, 0.717) is 18.6 Å². The van der Waals surface area contributed by atoms with Crippen LogP contribution in [0.2, 0.25) is 0 Å². The summed E-state index contributed by atoms with van der Waals surface area (Å²) in [5.41, 5.74) is 0.161. The Morgan fingerprint density at radius 1 is 0.912 bits per heavy atom. The molecule has 0 bridgehead atoms. The van der Waals surface area contributed by atoms with Gasteiger partial charge in [-0.05, 0) is 60.0 Å². The molecule has 0 aliphatic carbocycles. The number of carbonyl (C=O) groups excluding carboxylic acids is 2. The van der Waals surface area contributed by atoms with E-state index in [1.165, 1.54) is 30.7 Å². The average molecular weight is 484 g/mol. The fourth-order valence-electron chi connectivity index (χ4n) is 3.99. The third-order valence-corrected chi connectivity index (χ3v) is 7.86. The highest BCUT2D eigenvalue weighted by molar-refractivity contribution is 7.89. The van der Waals surface area contributed by atoms with Crippen molar-refractivity contribution in [3.63, 3.8) is 0 Å². The van der Waals surface area contributed by atoms with Gasteiger partial charge < -0.3 is 14.2 Å². The van der Waals surface area contributed by atoms with E-state index in [0.717, 1.165) is 10.8 Å². The number of ether oxygens (including phenoxy) is 3. The maximum Gasteiger partial charge on any atom is 0.341 e. The first-order valence-corrected chi connectivity index (χ1v) is 12.2. The molecule has 0 saturated carbocycles. The van der Waals surface area contributed by atoms with Crippen molar-refractivity contribution in [1.82, 2.24) is 4.31 Å². The van der Waals surface area contributed by atoms with Crippen LogP contribution in [0.3, 0.4) is 0 Å². The maximum atomic E-state index is 12.9. The van der Waals surface area contributed by atoms with E-state index in [9.17, 15) is 18.0 Å². The highest BCUT2D eigenvalue weighted by Crippen LogP contribution is 2.30. The van der Waals surface area contributed by atoms with Gasteiger partial charge in [0, 0.05) is 13.1 Å². The zero-order valence-corrected chi connectivity index (χ0v) is 19.7. The topological polar surface area (TPSA) is 99.2 Å². The number of carbonyl (C=O) groups is 2. The number of fused-ring (bicyclic) bond motifs is 1. The van der Waals surface area contributed by atoms with Gasteiger partial charge in [-0.3, -0.25) is 4.79 Å². The maximum absolute atomic E-state index is 12.9. The van der Waals surface area contributed by atoms with Gasteiger partial charge in [0.2, 0.25) is 10.0 Å². The van der Waals surface area contributed by atoms with E-state index in [1.807, 2.05) is 24.3 Å². The molecular weight excluding hydrogens is 458 g/mol. The Balaban J connectivity index is 1.47. The van der Waals surface area contributed by atoms with Gasteiger partial charge in [-0.2, -0.15) is 4.31 Å². The van der Waals surface area contributed by atoms with Crippen LogP contribution in [0.15, 0.2) is 65.6 Å². The van der Waals surface area contributed by atoms with Crippen molar-refractivity contribution in [2.45, 2.75) is 17.7 Å². The summed E-state index contributed by atoms with van der Waals surface area (Å²) in [4.78, 5) is 25.4. The van der Waals surface area contributed by atoms with Gasteiger partial charge in [-0.1, -0.05) is 24.3 Å². The van der Waals surface area contributed by atoms with Gasteiger partial charge in [0.25, 0.3) is 0 Å². The number of rotatable bonds is 6. The molecule has 0 aromatic heterocycles. The summed E-state index contributed by atoms with van der Waals surface area (Å²) in [5, 5.41) is 1.64. The van der Waals surface area contributed by atoms with Crippen LogP contribution in [-0.2, 0) is 19.6 Å². The van der Waals surface area contributed by atoms with Gasteiger partial charge in [0.1, 0.15) is 17.1 Å². The van der Waals surface area contributed by atoms with Gasteiger partial charge in [-0.15, -0.1) is 0 Å². The standard InChI is InChI=1S/C25H25NO7S/c1-31-20-7-9-21(10-8-20)34(29,30)26-13-11-17(12-14-26)24(27)33-23-16-19-6-4-3-5-18(19)15-22(23)25(28)32-2/h3-10,15-17H,11-14H2,1-2H3. The number of benzene rings is 3. The van der Waals surface area contributed by atoms with Crippen molar-refractivity contribution >= 4 is 32.7 Å². The highest BCUT2D eigenvalue weighted by Gasteiger charge is 2.33. The first-order chi connectivity index (χ1) is 16.3. The van der Waals surface area contributed by atoms with E-state index < -0.39 is 27.9 Å². The van der Waals surface area contributed by atoms with Crippen molar-refractivity contribution in [3.05, 3.63) is 66.2 Å². The molecule has 0 radical (unpaired) electrons. The molecule has 1 fully saturated rings. The summed E-state index contributed by atoms with van der Waals surface area (Å²) >= 11 is 0. The Hall–Kier alpha value is -3.43. The summed E-state index contributed by atoms with van der Waals surface area (Å²) in [5.74, 6) is -0.889. The number of hydrogen-bond donors (Lipinski definition) is 0. The predicted molar refractivity (Wildman–Crippen MR) is 125 cm³/mol. The molecule has 1 aliphatic heterocycles. The predicted octanol–water partition coefficient (Wildman–Crippen LogP) is 3.64. The molecule has 8 nitrogen and oxygen atoms in total. The van der Waals surface area contributed by atoms with Crippen LogP contribution in [0, 0.1) is 5.92 Å². The Bertz CT molecular complexity index is 1310. The molecule has 0 amide bonds. The second-order valence-electron chi connectivity index (χ2n) is 7.96. The Labute approximate surface area is 198 Å². The number of hydrogen-bond acceptors (Lipinski definition) is 7. The van der Waals surface area contributed by atoms with Crippen molar-refractivity contribution < 1.29 is 32.2 Å². The number of piperidine rings is 1. The van der Waals surface area contributed by atoms with Gasteiger partial charge in [-0.25, -0.2) is 13.2 Å². The average Bonchev–Trinajstić information content (AvgIpc) is 2.87. The highest BCUT2D eigenvalue weighted by atomic mass is 32.2. The molecule has 0 unspecified atom stereocenters. The lowest BCUT2D eigenvalue weighted by Crippen LogP contribution is -2.41. The second-order valence-corrected chi connectivity index (χ2v) is 9.90. The molecule has 4 rings (SSSR count). The minimum absolute atomic E-state index is 0.129. The van der Waals surface area contributed by atoms with E-state index in [1.54, 1.807) is 24.3 Å². The van der Waals surface area contributed by atoms with E-state index in [2.05, 4.69) is 0 Å². The van der Waals surface area contributed by atoms with Crippen LogP contribution in [-0.4, -0.2) is 52.0 Å². The van der Waals surface area contributed by atoms with Crippen molar-refractivity contribution in [2.24, 2.45) is 5.92 Å². The lowest BCUT2D eigenvalue weighted by atomic mass is 9.98. The fraction of sp³-hybridized carbons (Fsp3) is 0.280. The third-order valence-electron chi connectivity index (χ3n) is 5.95. The smallest absolute Gasteiger partial charge is 0.341 e. The van der Waals surface area contributed by atoms with Crippen molar-refractivity contribution in [3.8, 4) is 11.5 Å². The first-order valence-electron chi connectivity index (χ1n) is 10.8. The zero-order valence-electron chi connectivity index (χ0n) is 18.9. The van der Waals surface area contributed by atoms with Gasteiger partial charge in [0.15, 0.2) is 0 Å². The normalized spacial score (nSPS) is 15.1. The van der Waals surface area contributed by atoms with Gasteiger partial charge >= 0.3 is 11.9 Å². The van der Waals surface area contributed by atoms with Crippen molar-refractivity contribution in [1.29, 1.82) is 0 Å². The van der Waals surface area contributed by atoms with Crippen LogP contribution >= 0.6 is 0 Å².